The monoisotopic (exact) mass is 1390 g/mol. The molecular weight excluding hydrogens is 1280 g/mol. The summed E-state index contributed by atoms with van der Waals surface area (Å²) in [4.78, 5) is 105. The van der Waals surface area contributed by atoms with Crippen LogP contribution in [0.15, 0.2) is 68.1 Å². The molecule has 0 fully saturated rings. The van der Waals surface area contributed by atoms with E-state index in [0.29, 0.717) is 63.1 Å². The van der Waals surface area contributed by atoms with E-state index in [4.69, 9.17) is 31.6 Å². The summed E-state index contributed by atoms with van der Waals surface area (Å²) in [5.74, 6) is -4.24. The Morgan fingerprint density at radius 3 is 1.18 bits per heavy atom. The van der Waals surface area contributed by atoms with E-state index >= 15 is 0 Å². The molecule has 0 saturated carbocycles. The first-order chi connectivity index (χ1) is 45.2. The van der Waals surface area contributed by atoms with Gasteiger partial charge in [-0.05, 0) is 72.8 Å². The molecule has 2 amide bonds. The van der Waals surface area contributed by atoms with Crippen LogP contribution in [0.4, 0.5) is 0 Å². The number of rotatable bonds is 22. The molecule has 2 heterocycles. The normalized spacial score (nSPS) is 28.4. The third-order valence-corrected chi connectivity index (χ3v) is 18.5. The molecule has 30 nitrogen and oxygen atoms in total. The first-order valence-corrected chi connectivity index (χ1v) is 34.4. The predicted molar refractivity (Wildman–Crippen MR) is 369 cm³/mol. The van der Waals surface area contributed by atoms with Crippen molar-refractivity contribution in [2.45, 2.75) is 197 Å². The van der Waals surface area contributed by atoms with Gasteiger partial charge in [0.05, 0.1) is 87.5 Å². The van der Waals surface area contributed by atoms with E-state index < -0.39 is 84.4 Å². The van der Waals surface area contributed by atoms with Gasteiger partial charge in [0.1, 0.15) is 12.2 Å². The lowest BCUT2D eigenvalue weighted by Crippen LogP contribution is -2.38. The maximum Gasteiger partial charge on any atom is 0.308 e. The highest BCUT2D eigenvalue weighted by Gasteiger charge is 2.35. The van der Waals surface area contributed by atoms with Gasteiger partial charge in [-0.25, -0.2) is 0 Å². The van der Waals surface area contributed by atoms with Crippen LogP contribution >= 0.6 is 23.5 Å². The van der Waals surface area contributed by atoms with Crippen LogP contribution < -0.4 is 10.6 Å². The van der Waals surface area contributed by atoms with Crippen LogP contribution in [0, 0.1) is 59.2 Å². The second-order valence-corrected chi connectivity index (χ2v) is 26.2. The number of hydrogen-bond donors (Lipinski definition) is 8. The number of aliphatic hydroxyl groups is 6. The highest BCUT2D eigenvalue weighted by molar-refractivity contribution is 8.13. The summed E-state index contributed by atoms with van der Waals surface area (Å²) >= 11 is 2.10. The largest absolute Gasteiger partial charge is 0.462 e. The molecular formula is C64H106N14O16S2. The molecule has 2 aliphatic heterocycles. The number of nitrogens with zero attached hydrogens (tertiary/aromatic N) is 12. The molecule has 0 bridgehead atoms. The lowest BCUT2D eigenvalue weighted by molar-refractivity contribution is -0.155. The van der Waals surface area contributed by atoms with Crippen molar-refractivity contribution in [2.75, 3.05) is 50.8 Å². The second-order valence-electron chi connectivity index (χ2n) is 24.0. The van der Waals surface area contributed by atoms with Crippen LogP contribution in [0.2, 0.25) is 0 Å². The van der Waals surface area contributed by atoms with E-state index in [1.165, 1.54) is 12.2 Å². The van der Waals surface area contributed by atoms with Crippen molar-refractivity contribution in [3.8, 4) is 0 Å². The van der Waals surface area contributed by atoms with E-state index in [0.717, 1.165) is 34.7 Å². The van der Waals surface area contributed by atoms with Crippen molar-refractivity contribution in [1.82, 2.24) is 10.6 Å². The summed E-state index contributed by atoms with van der Waals surface area (Å²) in [5.41, 5.74) is 35.1. The topological polar surface area (TPSA) is 496 Å². The summed E-state index contributed by atoms with van der Waals surface area (Å²) in [5, 5.41) is 80.0. The Hall–Kier alpha value is -6.78. The van der Waals surface area contributed by atoms with Crippen molar-refractivity contribution in [2.24, 2.45) is 79.6 Å². The molecule has 0 saturated heterocycles. The SMILES string of the molecule is CCC(=O)NCCSC(=O)[C@@H](C)[C@H](O)CN=[N+]=[N-].CCC(=O)NCCSC(=O)[C@@H](C)[C@H](O)CN=[N+]=[N-].CC[C@H]1C[C@@H](C)C(=O)/C=C/C(C)=C/[C@@H](C)[C@@H](CN=[N+]=[N-])OC(=O)C[C@@H](O)[C@H](C)[C@H]1O.CC[C@H]1C[C@@H](C)C(=O)/C=C/C(C)=C/[C@H](C)[C@@H](CN=[N+]=[N-])OC(=O)C[C@@H](O)[C@H](C)[C@H]1O. The maximum absolute atomic E-state index is 12.5. The summed E-state index contributed by atoms with van der Waals surface area (Å²) < 4.78 is 11.0. The number of ether oxygens (including phenoxy) is 2. The Labute approximate surface area is 572 Å². The standard InChI is InChI=1S/2C22H35N3O5.2C10H18N4O3S/c2*1-6-17-10-14(3)18(26)8-7-13(2)9-15(4)20(12-24-25-23)30-21(28)11-19(27)16(5)22(17)29;2*1-3-9(16)12-4-5-18-10(17)7(2)8(15)6-13-14-11/h2*7-9,14-17,19-20,22,27,29H,6,10-12H2,1-5H3;2*7-8,15H,3-6H2,1-2H3,(H,12,16)/b2*8-7+,13-9+;;/t14-,15+,16+,17+,19-,20-,22-;14-,15-,16+,17+,19-,20-,22-;2*7-,8+/m1100/s1. The molecule has 0 spiro atoms. The molecule has 32 heteroatoms. The van der Waals surface area contributed by atoms with Crippen molar-refractivity contribution in [3.05, 3.63) is 89.4 Å². The van der Waals surface area contributed by atoms with E-state index in [-0.39, 0.29) is 108 Å². The first-order valence-electron chi connectivity index (χ1n) is 32.4. The summed E-state index contributed by atoms with van der Waals surface area (Å²) in [6, 6.07) is 0. The fourth-order valence-corrected chi connectivity index (χ4v) is 11.2. The van der Waals surface area contributed by atoms with Gasteiger partial charge in [0.15, 0.2) is 21.8 Å². The molecule has 0 aromatic heterocycles. The van der Waals surface area contributed by atoms with Gasteiger partial charge in [0, 0.05) is 92.6 Å². The number of hydrogen-bond acceptors (Lipinski definition) is 22. The van der Waals surface area contributed by atoms with E-state index in [2.05, 4.69) is 50.7 Å². The number of cyclic esters (lactones) is 2. The van der Waals surface area contributed by atoms with Crippen LogP contribution in [0.1, 0.15) is 148 Å². The summed E-state index contributed by atoms with van der Waals surface area (Å²) in [6.45, 7) is 25.4. The third kappa shape index (κ3) is 38.8. The molecule has 96 heavy (non-hydrogen) atoms. The first kappa shape index (κ1) is 91.3. The van der Waals surface area contributed by atoms with Crippen molar-refractivity contribution < 1.29 is 78.5 Å². The molecule has 2 rings (SSSR count). The average molecular weight is 1390 g/mol. The number of nitrogens with one attached hydrogen (secondary N) is 2. The van der Waals surface area contributed by atoms with Crippen LogP contribution in [0.3, 0.4) is 0 Å². The number of ketones is 2. The van der Waals surface area contributed by atoms with Gasteiger partial charge in [-0.15, -0.1) is 0 Å². The van der Waals surface area contributed by atoms with Gasteiger partial charge in [-0.3, -0.25) is 38.4 Å². The minimum absolute atomic E-state index is 0.0293. The van der Waals surface area contributed by atoms with E-state index in [1.807, 2.05) is 67.5 Å². The number of thioether (sulfide) groups is 2. The predicted octanol–water partition coefficient (Wildman–Crippen LogP) is 9.62. The third-order valence-electron chi connectivity index (χ3n) is 16.3. The molecule has 0 aromatic carbocycles. The number of azide groups is 4. The number of carbonyl (C=O) groups is 8. The number of amides is 2. The summed E-state index contributed by atoms with van der Waals surface area (Å²) in [6.07, 6.45) is 5.55. The lowest BCUT2D eigenvalue weighted by Gasteiger charge is -2.31. The minimum atomic E-state index is -1.09. The molecule has 18 atom stereocenters. The fraction of sp³-hybridized carbons (Fsp3) is 0.750. The van der Waals surface area contributed by atoms with Crippen molar-refractivity contribution in [1.29, 1.82) is 0 Å². The Morgan fingerprint density at radius 2 is 0.885 bits per heavy atom. The Morgan fingerprint density at radius 1 is 0.562 bits per heavy atom. The highest BCUT2D eigenvalue weighted by atomic mass is 32.2. The van der Waals surface area contributed by atoms with E-state index in [1.54, 1.807) is 53.7 Å². The van der Waals surface area contributed by atoms with Gasteiger partial charge >= 0.3 is 11.9 Å². The van der Waals surface area contributed by atoms with Gasteiger partial charge in [-0.2, -0.15) is 0 Å². The van der Waals surface area contributed by atoms with Crippen LogP contribution in [-0.2, 0) is 47.8 Å². The number of allylic oxidation sites excluding steroid dienone is 6. The Balaban J connectivity index is 0. The zero-order valence-electron chi connectivity index (χ0n) is 58.1. The summed E-state index contributed by atoms with van der Waals surface area (Å²) in [7, 11) is 0. The quantitative estimate of drug-likeness (QED) is 0.0164. The molecule has 2 aliphatic rings. The average Bonchev–Trinajstić information content (AvgIpc) is 1.13. The molecule has 0 unspecified atom stereocenters. The highest BCUT2D eigenvalue weighted by Crippen LogP contribution is 2.30. The Bertz CT molecular complexity index is 2590. The molecule has 0 aromatic rings. The molecule has 8 N–H and O–H groups in total. The number of aliphatic hydroxyl groups excluding tert-OH is 6. The minimum Gasteiger partial charge on any atom is -0.462 e. The van der Waals surface area contributed by atoms with Crippen LogP contribution in [-0.4, -0.2) is 176 Å². The molecule has 0 aliphatic carbocycles. The fourth-order valence-electron chi connectivity index (χ4n) is 9.53. The Kier molecular flexibility index (Phi) is 49.8. The van der Waals surface area contributed by atoms with Gasteiger partial charge in [0.25, 0.3) is 0 Å². The van der Waals surface area contributed by atoms with Gasteiger partial charge in [0.2, 0.25) is 11.8 Å². The van der Waals surface area contributed by atoms with Gasteiger partial charge in [-0.1, -0.05) is 175 Å². The lowest BCUT2D eigenvalue weighted by atomic mass is 9.80. The zero-order valence-corrected chi connectivity index (χ0v) is 59.8. The number of esters is 2. The second kappa shape index (κ2) is 52.4. The molecule has 0 radical (unpaired) electrons. The van der Waals surface area contributed by atoms with Crippen LogP contribution in [0.25, 0.3) is 41.8 Å². The smallest absolute Gasteiger partial charge is 0.308 e. The van der Waals surface area contributed by atoms with Crippen molar-refractivity contribution in [3.63, 3.8) is 0 Å². The van der Waals surface area contributed by atoms with Crippen LogP contribution in [0.5, 0.6) is 0 Å². The van der Waals surface area contributed by atoms with Gasteiger partial charge < -0.3 is 50.7 Å². The maximum atomic E-state index is 12.5. The van der Waals surface area contributed by atoms with E-state index in [9.17, 15) is 69.0 Å². The zero-order chi connectivity index (χ0) is 73.6. The van der Waals surface area contributed by atoms with Crippen molar-refractivity contribution >= 4 is 69.1 Å². The molecule has 540 valence electrons. The number of carbonyl (C=O) groups excluding carboxylic acids is 8.